The molecule has 51 heavy (non-hydrogen) atoms. The van der Waals surface area contributed by atoms with Crippen molar-refractivity contribution in [2.75, 3.05) is 27.2 Å². The highest BCUT2D eigenvalue weighted by molar-refractivity contribution is 5.95. The quantitative estimate of drug-likeness (QED) is 0.141. The van der Waals surface area contributed by atoms with Crippen LogP contribution in [0.25, 0.3) is 17.3 Å². The topological polar surface area (TPSA) is 83.0 Å². The lowest BCUT2D eigenvalue weighted by atomic mass is 10.0. The molecule has 0 saturated heterocycles. The van der Waals surface area contributed by atoms with E-state index in [-0.39, 0.29) is 32.0 Å². The molecule has 0 spiro atoms. The van der Waals surface area contributed by atoms with Gasteiger partial charge in [0.25, 0.3) is 0 Å². The van der Waals surface area contributed by atoms with Crippen molar-refractivity contribution in [3.05, 3.63) is 132 Å². The van der Waals surface area contributed by atoms with Gasteiger partial charge in [-0.25, -0.2) is 4.79 Å². The molecule has 0 unspecified atom stereocenters. The van der Waals surface area contributed by atoms with E-state index in [4.69, 9.17) is 4.74 Å². The van der Waals surface area contributed by atoms with Gasteiger partial charge in [-0.3, -0.25) is 14.6 Å². The summed E-state index contributed by atoms with van der Waals surface area (Å²) in [7, 11) is 3.20. The zero-order valence-corrected chi connectivity index (χ0v) is 29.4. The Bertz CT molecular complexity index is 1770. The van der Waals surface area contributed by atoms with E-state index in [1.54, 1.807) is 41.1 Å². The van der Waals surface area contributed by atoms with Crippen LogP contribution in [0, 0.1) is 0 Å². The van der Waals surface area contributed by atoms with Crippen LogP contribution >= 0.6 is 0 Å². The van der Waals surface area contributed by atoms with Crippen molar-refractivity contribution in [1.29, 1.82) is 0 Å². The summed E-state index contributed by atoms with van der Waals surface area (Å²) in [5.41, 5.74) is 2.16. The van der Waals surface area contributed by atoms with E-state index >= 15 is 0 Å². The van der Waals surface area contributed by atoms with Crippen molar-refractivity contribution < 1.29 is 32.3 Å². The summed E-state index contributed by atoms with van der Waals surface area (Å²) in [5, 5.41) is 0. The summed E-state index contributed by atoms with van der Waals surface area (Å²) in [5.74, 6) is -0.852. The molecule has 1 aromatic heterocycles. The molecule has 1 heterocycles. The molecule has 11 heteroatoms. The van der Waals surface area contributed by atoms with Gasteiger partial charge < -0.3 is 19.4 Å². The Labute approximate surface area is 297 Å². The lowest BCUT2D eigenvalue weighted by Crippen LogP contribution is -2.51. The van der Waals surface area contributed by atoms with Crippen LogP contribution in [0.5, 0.6) is 0 Å². The SMILES string of the molecule is CN(CCN(C)C(=O)[C@H](Cc1ccccc1)N(Cc1ccc(-c2ccccn2)cc1)C(=O)/C=C/c1ccc(C(F)(F)F)cc1)C(=O)OC(C)(C)C. The number of rotatable bonds is 12. The number of aromatic nitrogens is 1. The molecule has 0 fully saturated rings. The smallest absolute Gasteiger partial charge is 0.416 e. The van der Waals surface area contributed by atoms with Gasteiger partial charge in [-0.15, -0.1) is 0 Å². The Hall–Kier alpha value is -5.45. The minimum absolute atomic E-state index is 0.0631. The van der Waals surface area contributed by atoms with Crippen molar-refractivity contribution in [2.45, 2.75) is 51.6 Å². The van der Waals surface area contributed by atoms with Gasteiger partial charge in [-0.1, -0.05) is 72.8 Å². The van der Waals surface area contributed by atoms with Gasteiger partial charge in [0.2, 0.25) is 11.8 Å². The fourth-order valence-electron chi connectivity index (χ4n) is 5.16. The van der Waals surface area contributed by atoms with Gasteiger partial charge >= 0.3 is 12.3 Å². The van der Waals surface area contributed by atoms with E-state index in [1.807, 2.05) is 72.8 Å². The average molecular weight is 701 g/mol. The molecule has 4 aromatic rings. The van der Waals surface area contributed by atoms with Gasteiger partial charge in [0, 0.05) is 58.0 Å². The lowest BCUT2D eigenvalue weighted by molar-refractivity contribution is -0.143. The molecule has 1 atom stereocenters. The van der Waals surface area contributed by atoms with Crippen LogP contribution in [0.15, 0.2) is 109 Å². The van der Waals surface area contributed by atoms with Crippen molar-refractivity contribution in [3.63, 3.8) is 0 Å². The number of hydrogen-bond donors (Lipinski definition) is 0. The minimum atomic E-state index is -4.49. The molecule has 0 aliphatic carbocycles. The van der Waals surface area contributed by atoms with E-state index < -0.39 is 35.4 Å². The van der Waals surface area contributed by atoms with Crippen LogP contribution in [0.3, 0.4) is 0 Å². The molecular formula is C40H43F3N4O4. The summed E-state index contributed by atoms with van der Waals surface area (Å²) in [4.78, 5) is 49.7. The van der Waals surface area contributed by atoms with Gasteiger partial charge in [-0.2, -0.15) is 13.2 Å². The van der Waals surface area contributed by atoms with E-state index in [1.165, 1.54) is 39.0 Å². The van der Waals surface area contributed by atoms with Gasteiger partial charge in [-0.05, 0) is 67.8 Å². The second-order valence-electron chi connectivity index (χ2n) is 13.2. The van der Waals surface area contributed by atoms with Gasteiger partial charge in [0.1, 0.15) is 11.6 Å². The first-order chi connectivity index (χ1) is 24.1. The lowest BCUT2D eigenvalue weighted by Gasteiger charge is -2.34. The molecule has 0 bridgehead atoms. The maximum absolute atomic E-state index is 14.3. The zero-order valence-electron chi connectivity index (χ0n) is 29.4. The monoisotopic (exact) mass is 700 g/mol. The standard InChI is InChI=1S/C40H43F3N4O4/c1-39(2,3)51-38(50)46(5)26-25-45(4)37(49)35(27-30-11-7-6-8-12-30)47(28-31-14-19-32(20-15-31)34-13-9-10-24-44-34)36(48)23-18-29-16-21-33(22-17-29)40(41,42)43/h6-24,35H,25-28H2,1-5H3/b23-18+/t35-/m0/s1. The maximum Gasteiger partial charge on any atom is 0.416 e. The Morgan fingerprint density at radius 3 is 2.00 bits per heavy atom. The maximum atomic E-state index is 14.3. The number of nitrogens with zero attached hydrogens (tertiary/aromatic N) is 4. The molecule has 3 aromatic carbocycles. The van der Waals surface area contributed by atoms with Crippen LogP contribution in [-0.2, 0) is 33.5 Å². The Kier molecular flexibility index (Phi) is 12.8. The second kappa shape index (κ2) is 17.0. The Balaban J connectivity index is 1.65. The molecule has 268 valence electrons. The van der Waals surface area contributed by atoms with E-state index in [0.29, 0.717) is 5.56 Å². The number of alkyl halides is 3. The van der Waals surface area contributed by atoms with Gasteiger partial charge in [0.05, 0.1) is 11.3 Å². The first-order valence-corrected chi connectivity index (χ1v) is 16.5. The van der Waals surface area contributed by atoms with Crippen LogP contribution < -0.4 is 0 Å². The van der Waals surface area contributed by atoms with Crippen molar-refractivity contribution in [2.24, 2.45) is 0 Å². The molecule has 8 nitrogen and oxygen atoms in total. The third kappa shape index (κ3) is 11.6. The normalized spacial score (nSPS) is 12.3. The summed E-state index contributed by atoms with van der Waals surface area (Å²) in [6, 6.07) is 26.0. The molecule has 0 aliphatic heterocycles. The summed E-state index contributed by atoms with van der Waals surface area (Å²) < 4.78 is 44.9. The number of pyridine rings is 1. The number of carbonyl (C=O) groups excluding carboxylic acids is 3. The number of hydrogen-bond acceptors (Lipinski definition) is 5. The van der Waals surface area contributed by atoms with Crippen LogP contribution in [0.2, 0.25) is 0 Å². The second-order valence-corrected chi connectivity index (χ2v) is 13.2. The van der Waals surface area contributed by atoms with E-state index in [0.717, 1.165) is 34.5 Å². The van der Waals surface area contributed by atoms with Crippen LogP contribution in [0.4, 0.5) is 18.0 Å². The number of benzene rings is 3. The first-order valence-electron chi connectivity index (χ1n) is 16.5. The number of amides is 3. The molecule has 0 saturated carbocycles. The van der Waals surface area contributed by atoms with E-state index in [9.17, 15) is 27.6 Å². The molecule has 0 N–H and O–H groups in total. The minimum Gasteiger partial charge on any atom is -0.444 e. The third-order valence-electron chi connectivity index (χ3n) is 7.99. The number of halogens is 3. The molecule has 0 aliphatic rings. The molecule has 3 amide bonds. The number of likely N-dealkylation sites (N-methyl/N-ethyl adjacent to an activating group) is 2. The molecule has 4 rings (SSSR count). The van der Waals surface area contributed by atoms with Crippen LogP contribution in [-0.4, -0.2) is 76.4 Å². The Morgan fingerprint density at radius 2 is 1.41 bits per heavy atom. The highest BCUT2D eigenvalue weighted by Gasteiger charge is 2.32. The Morgan fingerprint density at radius 1 is 0.784 bits per heavy atom. The van der Waals surface area contributed by atoms with Gasteiger partial charge in [0.15, 0.2) is 0 Å². The highest BCUT2D eigenvalue weighted by atomic mass is 19.4. The van der Waals surface area contributed by atoms with Crippen molar-refractivity contribution in [3.8, 4) is 11.3 Å². The van der Waals surface area contributed by atoms with Crippen molar-refractivity contribution in [1.82, 2.24) is 19.7 Å². The molecule has 0 radical (unpaired) electrons. The third-order valence-corrected chi connectivity index (χ3v) is 7.99. The van der Waals surface area contributed by atoms with E-state index in [2.05, 4.69) is 4.98 Å². The number of carbonyl (C=O) groups is 3. The highest BCUT2D eigenvalue weighted by Crippen LogP contribution is 2.29. The molecular weight excluding hydrogens is 657 g/mol. The average Bonchev–Trinajstić information content (AvgIpc) is 3.10. The zero-order chi connectivity index (χ0) is 37.2. The van der Waals surface area contributed by atoms with Crippen LogP contribution in [0.1, 0.15) is 43.0 Å². The predicted octanol–water partition coefficient (Wildman–Crippen LogP) is 7.75. The first kappa shape index (κ1) is 38.4. The predicted molar refractivity (Wildman–Crippen MR) is 191 cm³/mol. The fourth-order valence-corrected chi connectivity index (χ4v) is 5.16. The fraction of sp³-hybridized carbons (Fsp3) is 0.300. The number of ether oxygens (including phenoxy) is 1. The summed E-state index contributed by atoms with van der Waals surface area (Å²) >= 11 is 0. The summed E-state index contributed by atoms with van der Waals surface area (Å²) in [6.07, 6.45) is -0.412. The summed E-state index contributed by atoms with van der Waals surface area (Å²) in [6.45, 7) is 5.73. The largest absolute Gasteiger partial charge is 0.444 e. The van der Waals surface area contributed by atoms with Crippen molar-refractivity contribution >= 4 is 24.0 Å².